The standard InChI is InChI=1S/C29H29ClN2O5/c1-3-36-28(35)32(24-7-5-4-6-23(24)30)25-18(2)31-37-26(25)21-10-8-19(9-11-21)20-12-14-22(15-13-20)29(16-17-29)27(33)34/h8-15H,3-7,16-17H2,1-2H3,(H,33,34). The number of amides is 1. The Morgan fingerprint density at radius 3 is 2.19 bits per heavy atom. The van der Waals surface area contributed by atoms with Crippen molar-refractivity contribution in [3.05, 3.63) is 70.5 Å². The highest BCUT2D eigenvalue weighted by atomic mass is 35.5. The molecule has 1 saturated carbocycles. The van der Waals surface area contributed by atoms with Gasteiger partial charge < -0.3 is 14.4 Å². The zero-order valence-corrected chi connectivity index (χ0v) is 21.7. The molecule has 2 aromatic carbocycles. The van der Waals surface area contributed by atoms with E-state index in [1.54, 1.807) is 13.8 Å². The van der Waals surface area contributed by atoms with E-state index >= 15 is 0 Å². The minimum absolute atomic E-state index is 0.237. The first-order valence-electron chi connectivity index (χ1n) is 12.6. The molecule has 2 aliphatic rings. The Morgan fingerprint density at radius 1 is 1.03 bits per heavy atom. The SMILES string of the molecule is CCOC(=O)N(C1=C(Cl)CCCC1)c1c(C)noc1-c1ccc(-c2ccc(C3(C(=O)O)CC3)cc2)cc1. The second kappa shape index (κ2) is 10.1. The monoisotopic (exact) mass is 520 g/mol. The van der Waals surface area contributed by atoms with Crippen molar-refractivity contribution in [2.75, 3.05) is 11.5 Å². The van der Waals surface area contributed by atoms with E-state index in [0.29, 0.717) is 47.9 Å². The van der Waals surface area contributed by atoms with Gasteiger partial charge in [-0.05, 0) is 69.1 Å². The van der Waals surface area contributed by atoms with Gasteiger partial charge in [0, 0.05) is 16.3 Å². The van der Waals surface area contributed by atoms with Gasteiger partial charge in [-0.2, -0.15) is 0 Å². The number of carbonyl (C=O) groups is 2. The number of nitrogens with zero attached hydrogens (tertiary/aromatic N) is 2. The molecule has 1 N–H and O–H groups in total. The van der Waals surface area contributed by atoms with E-state index in [9.17, 15) is 14.7 Å². The molecule has 7 nitrogen and oxygen atoms in total. The lowest BCUT2D eigenvalue weighted by molar-refractivity contribution is -0.140. The van der Waals surface area contributed by atoms with Gasteiger partial charge in [-0.15, -0.1) is 0 Å². The number of anilines is 1. The van der Waals surface area contributed by atoms with E-state index in [0.717, 1.165) is 40.8 Å². The normalized spacial score (nSPS) is 16.4. The zero-order valence-electron chi connectivity index (χ0n) is 20.9. The fourth-order valence-electron chi connectivity index (χ4n) is 4.97. The fraction of sp³-hybridized carbons (Fsp3) is 0.345. The van der Waals surface area contributed by atoms with Crippen LogP contribution in [0.3, 0.4) is 0 Å². The Morgan fingerprint density at radius 2 is 1.62 bits per heavy atom. The molecule has 0 bridgehead atoms. The minimum atomic E-state index is -0.759. The maximum atomic E-state index is 13.1. The van der Waals surface area contributed by atoms with Crippen molar-refractivity contribution in [3.8, 4) is 22.5 Å². The summed E-state index contributed by atoms with van der Waals surface area (Å²) in [5.41, 5.74) is 4.69. The number of carboxylic acids is 1. The largest absolute Gasteiger partial charge is 0.481 e. The molecule has 0 saturated heterocycles. The summed E-state index contributed by atoms with van der Waals surface area (Å²) in [6, 6.07) is 15.5. The molecular weight excluding hydrogens is 492 g/mol. The van der Waals surface area contributed by atoms with Crippen LogP contribution in [0.25, 0.3) is 22.5 Å². The molecular formula is C29H29ClN2O5. The number of carbonyl (C=O) groups excluding carboxylic acids is 1. The summed E-state index contributed by atoms with van der Waals surface area (Å²) in [5.74, 6) is -0.294. The molecule has 3 aromatic rings. The van der Waals surface area contributed by atoms with E-state index in [-0.39, 0.29) is 6.61 Å². The number of aliphatic carboxylic acids is 1. The summed E-state index contributed by atoms with van der Waals surface area (Å²) in [5, 5.41) is 14.4. The predicted molar refractivity (Wildman–Crippen MR) is 142 cm³/mol. The van der Waals surface area contributed by atoms with Crippen LogP contribution in [0, 0.1) is 6.92 Å². The van der Waals surface area contributed by atoms with Gasteiger partial charge in [-0.3, -0.25) is 4.79 Å². The topological polar surface area (TPSA) is 92.9 Å². The average Bonchev–Trinajstić information content (AvgIpc) is 3.64. The molecule has 1 fully saturated rings. The molecule has 1 heterocycles. The van der Waals surface area contributed by atoms with Gasteiger partial charge >= 0.3 is 12.1 Å². The van der Waals surface area contributed by atoms with Crippen LogP contribution in [0.5, 0.6) is 0 Å². The molecule has 2 aliphatic carbocycles. The molecule has 0 radical (unpaired) electrons. The van der Waals surface area contributed by atoms with Crippen molar-refractivity contribution in [2.45, 2.75) is 57.8 Å². The van der Waals surface area contributed by atoms with Crippen LogP contribution in [0.4, 0.5) is 10.5 Å². The first-order valence-corrected chi connectivity index (χ1v) is 13.0. The predicted octanol–water partition coefficient (Wildman–Crippen LogP) is 7.42. The third-order valence-corrected chi connectivity index (χ3v) is 7.63. The Labute approximate surface area is 220 Å². The van der Waals surface area contributed by atoms with Crippen LogP contribution in [0.15, 0.2) is 63.8 Å². The summed E-state index contributed by atoms with van der Waals surface area (Å²) < 4.78 is 11.1. The second-order valence-corrected chi connectivity index (χ2v) is 10.0. The molecule has 5 rings (SSSR count). The third kappa shape index (κ3) is 4.64. The highest BCUT2D eigenvalue weighted by Gasteiger charge is 2.51. The van der Waals surface area contributed by atoms with Crippen molar-refractivity contribution in [2.24, 2.45) is 0 Å². The molecule has 0 aliphatic heterocycles. The van der Waals surface area contributed by atoms with Gasteiger partial charge in [-0.1, -0.05) is 65.3 Å². The van der Waals surface area contributed by atoms with E-state index in [2.05, 4.69) is 5.16 Å². The zero-order chi connectivity index (χ0) is 26.2. The second-order valence-electron chi connectivity index (χ2n) is 9.58. The molecule has 1 aromatic heterocycles. The van der Waals surface area contributed by atoms with Crippen molar-refractivity contribution < 1.29 is 24.0 Å². The van der Waals surface area contributed by atoms with Gasteiger partial charge in [0.2, 0.25) is 0 Å². The van der Waals surface area contributed by atoms with Gasteiger partial charge in [0.1, 0.15) is 11.4 Å². The Bertz CT molecular complexity index is 1350. The molecule has 0 unspecified atom stereocenters. The van der Waals surface area contributed by atoms with Crippen molar-refractivity contribution >= 4 is 29.4 Å². The first-order chi connectivity index (χ1) is 17.9. The summed E-state index contributed by atoms with van der Waals surface area (Å²) in [6.45, 7) is 3.80. The van der Waals surface area contributed by atoms with E-state index < -0.39 is 17.5 Å². The van der Waals surface area contributed by atoms with Crippen LogP contribution in [-0.2, 0) is 14.9 Å². The quantitative estimate of drug-likeness (QED) is 0.348. The molecule has 192 valence electrons. The number of halogens is 1. The number of ether oxygens (including phenoxy) is 1. The number of aromatic nitrogens is 1. The van der Waals surface area contributed by atoms with E-state index in [1.165, 1.54) is 4.90 Å². The van der Waals surface area contributed by atoms with Crippen molar-refractivity contribution in [1.29, 1.82) is 0 Å². The fourth-order valence-corrected chi connectivity index (χ4v) is 5.29. The smallest absolute Gasteiger partial charge is 0.418 e. The van der Waals surface area contributed by atoms with Gasteiger partial charge in [-0.25, -0.2) is 9.69 Å². The lowest BCUT2D eigenvalue weighted by atomic mass is 9.93. The van der Waals surface area contributed by atoms with Gasteiger partial charge in [0.15, 0.2) is 5.76 Å². The van der Waals surface area contributed by atoms with Crippen LogP contribution >= 0.6 is 11.6 Å². The summed E-state index contributed by atoms with van der Waals surface area (Å²) in [7, 11) is 0. The van der Waals surface area contributed by atoms with E-state index in [4.69, 9.17) is 20.9 Å². The van der Waals surface area contributed by atoms with Crippen molar-refractivity contribution in [3.63, 3.8) is 0 Å². The molecule has 8 heteroatoms. The molecule has 0 spiro atoms. The Kier molecular flexibility index (Phi) is 6.82. The van der Waals surface area contributed by atoms with Crippen LogP contribution in [0.2, 0.25) is 0 Å². The van der Waals surface area contributed by atoms with E-state index in [1.807, 2.05) is 48.5 Å². The Hall–Kier alpha value is -3.58. The maximum Gasteiger partial charge on any atom is 0.418 e. The Balaban J connectivity index is 1.47. The third-order valence-electron chi connectivity index (χ3n) is 7.23. The average molecular weight is 521 g/mol. The molecule has 37 heavy (non-hydrogen) atoms. The van der Waals surface area contributed by atoms with Crippen LogP contribution < -0.4 is 4.90 Å². The summed E-state index contributed by atoms with van der Waals surface area (Å²) >= 11 is 6.58. The number of aryl methyl sites for hydroxylation is 1. The van der Waals surface area contributed by atoms with Crippen LogP contribution in [0.1, 0.15) is 56.7 Å². The number of hydrogen-bond acceptors (Lipinski definition) is 5. The first kappa shape index (κ1) is 25.1. The minimum Gasteiger partial charge on any atom is -0.481 e. The molecule has 1 amide bonds. The highest BCUT2D eigenvalue weighted by molar-refractivity contribution is 6.30. The highest BCUT2D eigenvalue weighted by Crippen LogP contribution is 2.48. The maximum absolute atomic E-state index is 13.1. The van der Waals surface area contributed by atoms with Gasteiger partial charge in [0.05, 0.1) is 12.0 Å². The number of benzene rings is 2. The summed E-state index contributed by atoms with van der Waals surface area (Å²) in [4.78, 5) is 26.3. The van der Waals surface area contributed by atoms with Gasteiger partial charge in [0.25, 0.3) is 0 Å². The lowest BCUT2D eigenvalue weighted by Gasteiger charge is -2.28. The number of carboxylic acid groups (broad SMARTS) is 1. The van der Waals surface area contributed by atoms with Crippen molar-refractivity contribution in [1.82, 2.24) is 5.16 Å². The number of rotatable bonds is 7. The number of allylic oxidation sites excluding steroid dienone is 2. The number of hydrogen-bond donors (Lipinski definition) is 1. The van der Waals surface area contributed by atoms with Crippen LogP contribution in [-0.4, -0.2) is 28.9 Å². The summed E-state index contributed by atoms with van der Waals surface area (Å²) in [6.07, 6.45) is 4.15. The molecule has 0 atom stereocenters. The lowest BCUT2D eigenvalue weighted by Crippen LogP contribution is -2.33.